The molecule has 4 bridgehead atoms. The second kappa shape index (κ2) is 6.83. The normalized spacial score (nSPS) is 32.6. The van der Waals surface area contributed by atoms with Gasteiger partial charge in [0.25, 0.3) is 0 Å². The zero-order valence-electron chi connectivity index (χ0n) is 13.8. The Kier molecular flexibility index (Phi) is 4.78. The Bertz CT molecular complexity index is 563. The van der Waals surface area contributed by atoms with Crippen LogP contribution in [0.15, 0.2) is 30.3 Å². The number of carboxylic acids is 2. The Morgan fingerprint density at radius 1 is 0.958 bits per heavy atom. The summed E-state index contributed by atoms with van der Waals surface area (Å²) in [4.78, 5) is 21.4. The summed E-state index contributed by atoms with van der Waals surface area (Å²) in [6, 6.07) is 9.23. The van der Waals surface area contributed by atoms with E-state index in [1.807, 2.05) is 30.3 Å². The molecule has 0 amide bonds. The van der Waals surface area contributed by atoms with Crippen LogP contribution in [0.4, 0.5) is 5.69 Å². The number of carboxylic acid groups (broad SMARTS) is 2. The van der Waals surface area contributed by atoms with Crippen molar-refractivity contribution in [1.29, 1.82) is 0 Å². The SMILES string of the molecule is O=C(O)C12CC3CC(CC(C3)C1)C2.O=C(O)CNc1ccccc1. The van der Waals surface area contributed by atoms with Gasteiger partial charge in [-0.15, -0.1) is 0 Å². The van der Waals surface area contributed by atoms with Crippen molar-refractivity contribution in [2.24, 2.45) is 23.2 Å². The van der Waals surface area contributed by atoms with E-state index >= 15 is 0 Å². The van der Waals surface area contributed by atoms with E-state index in [9.17, 15) is 14.7 Å². The van der Waals surface area contributed by atoms with Crippen LogP contribution in [0.2, 0.25) is 0 Å². The van der Waals surface area contributed by atoms with Gasteiger partial charge >= 0.3 is 11.9 Å². The molecule has 0 radical (unpaired) electrons. The third kappa shape index (κ3) is 3.71. The van der Waals surface area contributed by atoms with E-state index in [0.717, 1.165) is 42.7 Å². The number of anilines is 1. The Morgan fingerprint density at radius 3 is 1.88 bits per heavy atom. The molecule has 1 aromatic rings. The summed E-state index contributed by atoms with van der Waals surface area (Å²) in [5.41, 5.74) is 0.546. The molecule has 0 saturated heterocycles. The maximum Gasteiger partial charge on any atom is 0.322 e. The van der Waals surface area contributed by atoms with Crippen molar-refractivity contribution in [3.05, 3.63) is 30.3 Å². The van der Waals surface area contributed by atoms with Gasteiger partial charge in [0, 0.05) is 5.69 Å². The first-order valence-electron chi connectivity index (χ1n) is 8.71. The van der Waals surface area contributed by atoms with Crippen molar-refractivity contribution in [3.63, 3.8) is 0 Å². The van der Waals surface area contributed by atoms with Crippen LogP contribution in [-0.4, -0.2) is 28.7 Å². The monoisotopic (exact) mass is 331 g/mol. The molecule has 0 unspecified atom stereocenters. The topological polar surface area (TPSA) is 86.6 Å². The molecule has 1 aromatic carbocycles. The van der Waals surface area contributed by atoms with Crippen LogP contribution < -0.4 is 5.32 Å². The summed E-state index contributed by atoms with van der Waals surface area (Å²) in [5.74, 6) is 0.896. The molecule has 4 saturated carbocycles. The lowest BCUT2D eigenvalue weighted by Gasteiger charge is -2.54. The van der Waals surface area contributed by atoms with Gasteiger partial charge in [0.2, 0.25) is 0 Å². The number of hydrogen-bond acceptors (Lipinski definition) is 3. The molecule has 0 spiro atoms. The Morgan fingerprint density at radius 2 is 1.46 bits per heavy atom. The molecule has 130 valence electrons. The minimum atomic E-state index is -0.853. The highest BCUT2D eigenvalue weighted by Gasteiger charge is 2.54. The predicted octanol–water partition coefficient (Wildman–Crippen LogP) is 3.47. The Hall–Kier alpha value is -2.04. The minimum Gasteiger partial charge on any atom is -0.481 e. The summed E-state index contributed by atoms with van der Waals surface area (Å²) in [6.07, 6.45) is 6.92. The van der Waals surface area contributed by atoms with Gasteiger partial charge in [-0.3, -0.25) is 9.59 Å². The fourth-order valence-electron chi connectivity index (χ4n) is 5.11. The molecule has 24 heavy (non-hydrogen) atoms. The standard InChI is InChI=1S/C11H16O2.C8H9NO2/c12-10(13)11-4-7-1-8(5-11)3-9(2-7)6-11;10-8(11)6-9-7-4-2-1-3-5-7/h7-9H,1-6H2,(H,12,13);1-5,9H,6H2,(H,10,11). The average Bonchev–Trinajstić information content (AvgIpc) is 2.53. The third-order valence-corrected chi connectivity index (χ3v) is 5.71. The van der Waals surface area contributed by atoms with E-state index in [4.69, 9.17) is 5.11 Å². The number of carbonyl (C=O) groups is 2. The van der Waals surface area contributed by atoms with E-state index < -0.39 is 11.9 Å². The van der Waals surface area contributed by atoms with Crippen LogP contribution in [0.1, 0.15) is 38.5 Å². The molecule has 5 heteroatoms. The second-order valence-electron chi connectivity index (χ2n) is 7.62. The molecule has 0 aromatic heterocycles. The van der Waals surface area contributed by atoms with Gasteiger partial charge in [-0.1, -0.05) is 18.2 Å². The van der Waals surface area contributed by atoms with Gasteiger partial charge in [0.1, 0.15) is 6.54 Å². The molecule has 3 N–H and O–H groups in total. The quantitative estimate of drug-likeness (QED) is 0.786. The molecular formula is C19H25NO4. The number of para-hydroxylation sites is 1. The highest BCUT2D eigenvalue weighted by atomic mass is 16.4. The van der Waals surface area contributed by atoms with Gasteiger partial charge in [-0.05, 0) is 68.4 Å². The highest BCUT2D eigenvalue weighted by molar-refractivity contribution is 5.75. The summed E-state index contributed by atoms with van der Waals surface area (Å²) in [5, 5.41) is 20.3. The predicted molar refractivity (Wildman–Crippen MR) is 90.8 cm³/mol. The molecule has 5 nitrogen and oxygen atoms in total. The first-order chi connectivity index (χ1) is 11.5. The van der Waals surface area contributed by atoms with Crippen LogP contribution >= 0.6 is 0 Å². The van der Waals surface area contributed by atoms with E-state index in [1.54, 1.807) is 0 Å². The minimum absolute atomic E-state index is 0.0377. The van der Waals surface area contributed by atoms with E-state index in [2.05, 4.69) is 5.32 Å². The summed E-state index contributed by atoms with van der Waals surface area (Å²) >= 11 is 0. The van der Waals surface area contributed by atoms with Crippen molar-refractivity contribution in [2.75, 3.05) is 11.9 Å². The molecule has 0 atom stereocenters. The number of nitrogens with one attached hydrogen (secondary N) is 1. The first-order valence-corrected chi connectivity index (χ1v) is 8.71. The van der Waals surface area contributed by atoms with Crippen LogP contribution in [0.25, 0.3) is 0 Å². The Labute approximate surface area is 142 Å². The molecule has 5 rings (SSSR count). The molecule has 0 heterocycles. The lowest BCUT2D eigenvalue weighted by atomic mass is 9.49. The fraction of sp³-hybridized carbons (Fsp3) is 0.579. The second-order valence-corrected chi connectivity index (χ2v) is 7.62. The summed E-state index contributed by atoms with van der Waals surface area (Å²) in [6.45, 7) is -0.0377. The maximum absolute atomic E-state index is 11.3. The average molecular weight is 331 g/mol. The lowest BCUT2D eigenvalue weighted by molar-refractivity contribution is -0.164. The van der Waals surface area contributed by atoms with Crippen LogP contribution in [0.3, 0.4) is 0 Å². The van der Waals surface area contributed by atoms with Crippen LogP contribution in [0, 0.1) is 23.2 Å². The molecule has 0 aliphatic heterocycles. The van der Waals surface area contributed by atoms with Crippen molar-refractivity contribution in [3.8, 4) is 0 Å². The van der Waals surface area contributed by atoms with Gasteiger partial charge < -0.3 is 15.5 Å². The van der Waals surface area contributed by atoms with E-state index in [1.165, 1.54) is 19.3 Å². The zero-order valence-corrected chi connectivity index (χ0v) is 13.8. The van der Waals surface area contributed by atoms with Crippen molar-refractivity contribution in [1.82, 2.24) is 0 Å². The van der Waals surface area contributed by atoms with Crippen molar-refractivity contribution >= 4 is 17.6 Å². The van der Waals surface area contributed by atoms with Gasteiger partial charge in [0.15, 0.2) is 0 Å². The highest BCUT2D eigenvalue weighted by Crippen LogP contribution is 2.59. The maximum atomic E-state index is 11.3. The molecular weight excluding hydrogens is 306 g/mol. The number of hydrogen-bond donors (Lipinski definition) is 3. The van der Waals surface area contributed by atoms with Crippen molar-refractivity contribution < 1.29 is 19.8 Å². The number of rotatable bonds is 4. The van der Waals surface area contributed by atoms with E-state index in [-0.39, 0.29) is 12.0 Å². The van der Waals surface area contributed by atoms with Gasteiger partial charge in [-0.2, -0.15) is 0 Å². The third-order valence-electron chi connectivity index (χ3n) is 5.71. The zero-order chi connectivity index (χ0) is 17.2. The lowest BCUT2D eigenvalue weighted by Crippen LogP contribution is -2.49. The van der Waals surface area contributed by atoms with Gasteiger partial charge in [0.05, 0.1) is 5.41 Å². The molecule has 4 fully saturated rings. The van der Waals surface area contributed by atoms with Gasteiger partial charge in [-0.25, -0.2) is 0 Å². The summed E-state index contributed by atoms with van der Waals surface area (Å²) < 4.78 is 0. The largest absolute Gasteiger partial charge is 0.481 e. The summed E-state index contributed by atoms with van der Waals surface area (Å²) in [7, 11) is 0. The smallest absolute Gasteiger partial charge is 0.322 e. The first kappa shape index (κ1) is 16.8. The molecule has 4 aliphatic carbocycles. The number of benzene rings is 1. The van der Waals surface area contributed by atoms with Crippen LogP contribution in [0.5, 0.6) is 0 Å². The van der Waals surface area contributed by atoms with E-state index in [0.29, 0.717) is 0 Å². The van der Waals surface area contributed by atoms with Crippen LogP contribution in [-0.2, 0) is 9.59 Å². The number of aliphatic carboxylic acids is 2. The fourth-order valence-corrected chi connectivity index (χ4v) is 5.11. The molecule has 4 aliphatic rings. The Balaban J connectivity index is 0.000000144. The van der Waals surface area contributed by atoms with Crippen molar-refractivity contribution in [2.45, 2.75) is 38.5 Å².